The molecule has 1 unspecified atom stereocenters. The highest BCUT2D eigenvalue weighted by molar-refractivity contribution is 5.91. The topological polar surface area (TPSA) is 212 Å². The first-order valence-electron chi connectivity index (χ1n) is 20.8. The number of urea groups is 2. The second-order valence-corrected chi connectivity index (χ2v) is 15.8. The van der Waals surface area contributed by atoms with Crippen LogP contribution in [0.4, 0.5) is 9.59 Å². The Kier molecular flexibility index (Phi) is 19.8. The lowest BCUT2D eigenvalue weighted by molar-refractivity contribution is -0.133. The largest absolute Gasteiger partial charge is 0.497 e. The number of aliphatic hydroxyl groups excluding tert-OH is 1. The predicted molar refractivity (Wildman–Crippen MR) is 224 cm³/mol. The van der Waals surface area contributed by atoms with E-state index in [4.69, 9.17) is 19.9 Å². The molecule has 0 aliphatic carbocycles. The molecule has 4 rings (SSSR count). The summed E-state index contributed by atoms with van der Waals surface area (Å²) in [7, 11) is 1.57. The Hall–Kier alpha value is -4.36. The minimum Gasteiger partial charge on any atom is -0.497 e. The number of benzene rings is 2. The van der Waals surface area contributed by atoms with Gasteiger partial charge in [0.05, 0.1) is 51.6 Å². The van der Waals surface area contributed by atoms with E-state index in [1.807, 2.05) is 45.9 Å². The number of hydrogen-bond acceptors (Lipinski definition) is 12. The van der Waals surface area contributed by atoms with Crippen molar-refractivity contribution in [2.45, 2.75) is 58.5 Å². The molecule has 8 N–H and O–H groups in total. The molecule has 17 heteroatoms. The van der Waals surface area contributed by atoms with Crippen LogP contribution in [0.25, 0.3) is 0 Å². The summed E-state index contributed by atoms with van der Waals surface area (Å²) in [6, 6.07) is 12.4. The van der Waals surface area contributed by atoms with Crippen molar-refractivity contribution in [3.63, 3.8) is 0 Å². The standard InChI is InChI=1S/C42H67N9O8/c1-29(2)37(46-41(55)44-15-17-49-19-23-58-24-20-49)39(53)35(36(43)32-9-7-6-8-10-32)34(52)28-51(27-31-11-13-33(57-5)14-12-31)48-40(54)38(30(3)4)47-42(56)45-16-18-50-21-25-59-26-22-50/h6-14,29-30,34-38,52H,15-28,43H2,1-5H3,(H,48,54)(H2,44,46,55)(H2,45,47,56)/t34-,35-,36?,37+,38+/m1/s1. The third-order valence-electron chi connectivity index (χ3n) is 10.7. The number of morpholine rings is 2. The predicted octanol–water partition coefficient (Wildman–Crippen LogP) is 1.09. The quantitative estimate of drug-likeness (QED) is 0.0833. The SMILES string of the molecule is COc1ccc(CN(C[C@@H](O)[C@@H](C(=O)[C@@H](NC(=O)NCCN2CCOCC2)C(C)C)C(N)c2ccccc2)NC(=O)[C@@H](NC(=O)NCCN2CCOCC2)C(C)C)cc1. The Morgan fingerprint density at radius 3 is 1.78 bits per heavy atom. The molecule has 17 nitrogen and oxygen atoms in total. The Bertz CT molecular complexity index is 1570. The number of ether oxygens (including phenoxy) is 3. The van der Waals surface area contributed by atoms with E-state index >= 15 is 0 Å². The molecule has 0 aromatic heterocycles. The summed E-state index contributed by atoms with van der Waals surface area (Å²) >= 11 is 0. The molecule has 2 aromatic carbocycles. The molecule has 59 heavy (non-hydrogen) atoms. The number of rotatable bonds is 22. The zero-order chi connectivity index (χ0) is 42.7. The fourth-order valence-corrected chi connectivity index (χ4v) is 7.15. The number of ketones is 1. The highest BCUT2D eigenvalue weighted by Gasteiger charge is 2.40. The maximum absolute atomic E-state index is 14.6. The average molecular weight is 826 g/mol. The molecule has 5 atom stereocenters. The van der Waals surface area contributed by atoms with Gasteiger partial charge in [-0.1, -0.05) is 70.2 Å². The van der Waals surface area contributed by atoms with Gasteiger partial charge in [-0.05, 0) is 35.1 Å². The highest BCUT2D eigenvalue weighted by Crippen LogP contribution is 2.27. The number of aliphatic hydroxyl groups is 1. The smallest absolute Gasteiger partial charge is 0.315 e. The Balaban J connectivity index is 1.53. The van der Waals surface area contributed by atoms with Crippen LogP contribution in [0.1, 0.15) is 44.9 Å². The molecule has 2 fully saturated rings. The number of methoxy groups -OCH3 is 1. The second-order valence-electron chi connectivity index (χ2n) is 15.8. The Labute approximate surface area is 349 Å². The van der Waals surface area contributed by atoms with Gasteiger partial charge in [-0.3, -0.25) is 24.8 Å². The van der Waals surface area contributed by atoms with Crippen LogP contribution in [0.3, 0.4) is 0 Å². The summed E-state index contributed by atoms with van der Waals surface area (Å²) < 4.78 is 16.1. The minimum absolute atomic E-state index is 0.127. The van der Waals surface area contributed by atoms with E-state index < -0.39 is 53.9 Å². The van der Waals surface area contributed by atoms with Crippen molar-refractivity contribution in [2.75, 3.05) is 92.4 Å². The molecule has 0 saturated carbocycles. The van der Waals surface area contributed by atoms with Gasteiger partial charge in [0.1, 0.15) is 11.8 Å². The van der Waals surface area contributed by atoms with Gasteiger partial charge in [-0.15, -0.1) is 0 Å². The normalized spacial score (nSPS) is 17.7. The van der Waals surface area contributed by atoms with Gasteiger partial charge in [-0.25, -0.2) is 14.6 Å². The summed E-state index contributed by atoms with van der Waals surface area (Å²) in [6.45, 7) is 15.0. The zero-order valence-corrected chi connectivity index (χ0v) is 35.4. The van der Waals surface area contributed by atoms with Gasteiger partial charge < -0.3 is 46.3 Å². The van der Waals surface area contributed by atoms with E-state index in [1.54, 1.807) is 43.5 Å². The number of nitrogens with one attached hydrogen (secondary N) is 5. The Morgan fingerprint density at radius 1 is 0.780 bits per heavy atom. The van der Waals surface area contributed by atoms with Crippen LogP contribution in [0.5, 0.6) is 5.75 Å². The first kappa shape index (κ1) is 47.3. The second kappa shape index (κ2) is 24.7. The van der Waals surface area contributed by atoms with Gasteiger partial charge in [0.2, 0.25) is 0 Å². The molecule has 2 aromatic rings. The van der Waals surface area contributed by atoms with Crippen molar-refractivity contribution >= 4 is 23.8 Å². The summed E-state index contributed by atoms with van der Waals surface area (Å²) in [5.41, 5.74) is 11.2. The van der Waals surface area contributed by atoms with Crippen molar-refractivity contribution in [1.29, 1.82) is 0 Å². The lowest BCUT2D eigenvalue weighted by atomic mass is 9.80. The summed E-state index contributed by atoms with van der Waals surface area (Å²) in [5, 5.41) is 25.1. The van der Waals surface area contributed by atoms with Crippen LogP contribution in [0, 0.1) is 17.8 Å². The third kappa shape index (κ3) is 15.6. The van der Waals surface area contributed by atoms with Gasteiger partial charge >= 0.3 is 12.1 Å². The van der Waals surface area contributed by atoms with E-state index in [-0.39, 0.29) is 24.9 Å². The summed E-state index contributed by atoms with van der Waals surface area (Å²) in [4.78, 5) is 59.3. The van der Waals surface area contributed by atoms with Gasteiger partial charge in [-0.2, -0.15) is 0 Å². The number of hydrazine groups is 1. The number of hydrogen-bond donors (Lipinski definition) is 7. The van der Waals surface area contributed by atoms with Crippen molar-refractivity contribution in [1.82, 2.24) is 41.5 Å². The van der Waals surface area contributed by atoms with Crippen molar-refractivity contribution in [3.05, 3.63) is 65.7 Å². The van der Waals surface area contributed by atoms with Crippen molar-refractivity contribution in [3.8, 4) is 5.75 Å². The highest BCUT2D eigenvalue weighted by atomic mass is 16.5. The fourth-order valence-electron chi connectivity index (χ4n) is 7.15. The maximum Gasteiger partial charge on any atom is 0.315 e. The minimum atomic E-state index is -1.42. The number of Topliss-reactive ketones (excluding diaryl/α,β-unsaturated/α-hetero) is 1. The van der Waals surface area contributed by atoms with Crippen LogP contribution in [0.15, 0.2) is 54.6 Å². The van der Waals surface area contributed by atoms with Crippen LogP contribution in [-0.4, -0.2) is 154 Å². The van der Waals surface area contributed by atoms with Crippen LogP contribution in [0.2, 0.25) is 0 Å². The number of amides is 5. The monoisotopic (exact) mass is 826 g/mol. The molecular weight excluding hydrogens is 759 g/mol. The Morgan fingerprint density at radius 2 is 1.29 bits per heavy atom. The number of nitrogens with zero attached hydrogens (tertiary/aromatic N) is 3. The molecule has 0 spiro atoms. The zero-order valence-electron chi connectivity index (χ0n) is 35.4. The average Bonchev–Trinajstić information content (AvgIpc) is 3.23. The lowest BCUT2D eigenvalue weighted by Crippen LogP contribution is -2.59. The van der Waals surface area contributed by atoms with Crippen molar-refractivity contribution in [2.24, 2.45) is 23.5 Å². The first-order chi connectivity index (χ1) is 28.4. The maximum atomic E-state index is 14.6. The molecule has 5 amide bonds. The number of carbonyl (C=O) groups is 4. The van der Waals surface area contributed by atoms with Gasteiger partial charge in [0, 0.05) is 71.5 Å². The number of nitrogens with two attached hydrogens (primary N) is 1. The number of carbonyl (C=O) groups excluding carboxylic acids is 4. The van der Waals surface area contributed by atoms with Crippen LogP contribution >= 0.6 is 0 Å². The van der Waals surface area contributed by atoms with E-state index in [0.29, 0.717) is 63.9 Å². The molecule has 0 bridgehead atoms. The van der Waals surface area contributed by atoms with Gasteiger partial charge in [0.25, 0.3) is 5.91 Å². The van der Waals surface area contributed by atoms with Crippen LogP contribution < -0.4 is 37.2 Å². The summed E-state index contributed by atoms with van der Waals surface area (Å²) in [6.07, 6.45) is -1.42. The molecule has 2 aliphatic heterocycles. The molecule has 2 aliphatic rings. The van der Waals surface area contributed by atoms with E-state index in [2.05, 4.69) is 36.5 Å². The van der Waals surface area contributed by atoms with E-state index in [9.17, 15) is 24.3 Å². The molecule has 2 heterocycles. The lowest BCUT2D eigenvalue weighted by Gasteiger charge is -2.35. The summed E-state index contributed by atoms with van der Waals surface area (Å²) in [5.74, 6) is -2.16. The van der Waals surface area contributed by atoms with Gasteiger partial charge in [0.15, 0.2) is 5.78 Å². The first-order valence-corrected chi connectivity index (χ1v) is 20.8. The van der Waals surface area contributed by atoms with Crippen LogP contribution in [-0.2, 0) is 25.6 Å². The fraction of sp³-hybridized carbons (Fsp3) is 0.619. The van der Waals surface area contributed by atoms with E-state index in [1.165, 1.54) is 5.01 Å². The van der Waals surface area contributed by atoms with E-state index in [0.717, 1.165) is 31.7 Å². The molecule has 2 saturated heterocycles. The molecule has 0 radical (unpaired) electrons. The molecular formula is C42H67N9O8. The molecule has 328 valence electrons. The third-order valence-corrected chi connectivity index (χ3v) is 10.7. The van der Waals surface area contributed by atoms with Crippen molar-refractivity contribution < 1.29 is 38.5 Å².